The fraction of sp³-hybridized carbons (Fsp3) is 0.167. The maximum atomic E-state index is 13.5. The first kappa shape index (κ1) is 12.3. The lowest BCUT2D eigenvalue weighted by molar-refractivity contribution is -0.139. The van der Waals surface area contributed by atoms with Gasteiger partial charge in [0, 0.05) is 5.56 Å². The molecule has 1 heterocycles. The molecule has 1 atom stereocenters. The van der Waals surface area contributed by atoms with Crippen molar-refractivity contribution in [3.8, 4) is 11.3 Å². The maximum absolute atomic E-state index is 13.5. The van der Waals surface area contributed by atoms with E-state index in [9.17, 15) is 9.18 Å². The van der Waals surface area contributed by atoms with E-state index in [-0.39, 0.29) is 11.6 Å². The van der Waals surface area contributed by atoms with E-state index in [1.54, 1.807) is 18.2 Å². The largest absolute Gasteiger partial charge is 0.480 e. The van der Waals surface area contributed by atoms with Crippen molar-refractivity contribution in [2.45, 2.75) is 6.04 Å². The molecule has 0 fully saturated rings. The van der Waals surface area contributed by atoms with Crippen molar-refractivity contribution in [2.24, 2.45) is 0 Å². The van der Waals surface area contributed by atoms with Gasteiger partial charge >= 0.3 is 5.97 Å². The monoisotopic (exact) mass is 249 g/mol. The van der Waals surface area contributed by atoms with Crippen LogP contribution in [0.15, 0.2) is 30.5 Å². The summed E-state index contributed by atoms with van der Waals surface area (Å²) < 4.78 is 13.5. The number of benzene rings is 1. The molecule has 18 heavy (non-hydrogen) atoms. The highest BCUT2D eigenvalue weighted by Gasteiger charge is 2.21. The highest BCUT2D eigenvalue weighted by Crippen LogP contribution is 2.22. The van der Waals surface area contributed by atoms with Crippen LogP contribution in [0.2, 0.25) is 0 Å². The summed E-state index contributed by atoms with van der Waals surface area (Å²) in [6.07, 6.45) is 1.42. The van der Waals surface area contributed by atoms with Crippen LogP contribution < -0.4 is 5.32 Å². The lowest BCUT2D eigenvalue weighted by atomic mass is 10.1. The van der Waals surface area contributed by atoms with Crippen molar-refractivity contribution in [1.82, 2.24) is 15.3 Å². The standard InChI is InChI=1S/C12H12FN3O2/c1-14-10(12(17)18)11-15-6-9(16-11)7-4-2-3-5-8(7)13/h2-6,10,14H,1H3,(H,15,16)(H,17,18). The first-order valence-electron chi connectivity index (χ1n) is 5.33. The summed E-state index contributed by atoms with van der Waals surface area (Å²) in [5, 5.41) is 11.6. The zero-order chi connectivity index (χ0) is 13.1. The zero-order valence-corrected chi connectivity index (χ0v) is 9.64. The van der Waals surface area contributed by atoms with Gasteiger partial charge in [-0.05, 0) is 19.2 Å². The molecule has 1 unspecified atom stereocenters. The van der Waals surface area contributed by atoms with E-state index in [1.807, 2.05) is 0 Å². The summed E-state index contributed by atoms with van der Waals surface area (Å²) in [6, 6.07) is 5.28. The number of halogens is 1. The van der Waals surface area contributed by atoms with Crippen molar-refractivity contribution in [3.05, 3.63) is 42.1 Å². The van der Waals surface area contributed by atoms with E-state index >= 15 is 0 Å². The van der Waals surface area contributed by atoms with E-state index in [1.165, 1.54) is 19.3 Å². The molecule has 0 saturated carbocycles. The summed E-state index contributed by atoms with van der Waals surface area (Å²) in [5.74, 6) is -1.20. The molecule has 0 aliphatic rings. The summed E-state index contributed by atoms with van der Waals surface area (Å²) >= 11 is 0. The molecule has 0 aliphatic heterocycles. The van der Waals surface area contributed by atoms with Crippen molar-refractivity contribution in [2.75, 3.05) is 7.05 Å². The number of aromatic nitrogens is 2. The number of aliphatic carboxylic acids is 1. The van der Waals surface area contributed by atoms with E-state index in [2.05, 4.69) is 15.3 Å². The Morgan fingerprint density at radius 2 is 2.22 bits per heavy atom. The van der Waals surface area contributed by atoms with Gasteiger partial charge in [0.15, 0.2) is 6.04 Å². The molecular formula is C12H12FN3O2. The molecule has 94 valence electrons. The van der Waals surface area contributed by atoms with Crippen LogP contribution in [-0.4, -0.2) is 28.1 Å². The van der Waals surface area contributed by atoms with Gasteiger partial charge in [0.2, 0.25) is 0 Å². The van der Waals surface area contributed by atoms with Gasteiger partial charge in [-0.15, -0.1) is 0 Å². The average Bonchev–Trinajstić information content (AvgIpc) is 2.79. The predicted molar refractivity (Wildman–Crippen MR) is 63.4 cm³/mol. The van der Waals surface area contributed by atoms with Gasteiger partial charge in [0.05, 0.1) is 11.9 Å². The minimum atomic E-state index is -1.05. The predicted octanol–water partition coefficient (Wildman–Crippen LogP) is 1.56. The fourth-order valence-corrected chi connectivity index (χ4v) is 1.68. The second kappa shape index (κ2) is 4.97. The second-order valence-corrected chi connectivity index (χ2v) is 3.72. The Morgan fingerprint density at radius 3 is 2.83 bits per heavy atom. The van der Waals surface area contributed by atoms with Crippen LogP contribution in [0.25, 0.3) is 11.3 Å². The Kier molecular flexibility index (Phi) is 3.38. The van der Waals surface area contributed by atoms with E-state index < -0.39 is 12.0 Å². The molecule has 1 aromatic heterocycles. The van der Waals surface area contributed by atoms with Gasteiger partial charge in [-0.3, -0.25) is 4.79 Å². The number of imidazole rings is 1. The molecule has 2 aromatic rings. The Labute approximate surface area is 103 Å². The molecule has 0 amide bonds. The SMILES string of the molecule is CNC(C(=O)O)c1ncc(-c2ccccc2F)[nH]1. The minimum Gasteiger partial charge on any atom is -0.480 e. The number of likely N-dealkylation sites (N-methyl/N-ethyl adjacent to an activating group) is 1. The van der Waals surface area contributed by atoms with Crippen LogP contribution in [0.1, 0.15) is 11.9 Å². The molecule has 0 spiro atoms. The number of rotatable bonds is 4. The number of H-pyrrole nitrogens is 1. The van der Waals surface area contributed by atoms with E-state index in [0.29, 0.717) is 11.3 Å². The van der Waals surface area contributed by atoms with Crippen LogP contribution in [-0.2, 0) is 4.79 Å². The highest BCUT2D eigenvalue weighted by atomic mass is 19.1. The van der Waals surface area contributed by atoms with Gasteiger partial charge in [-0.2, -0.15) is 0 Å². The van der Waals surface area contributed by atoms with Gasteiger partial charge in [0.25, 0.3) is 0 Å². The second-order valence-electron chi connectivity index (χ2n) is 3.72. The lowest BCUT2D eigenvalue weighted by Crippen LogP contribution is -2.26. The van der Waals surface area contributed by atoms with Crippen molar-refractivity contribution < 1.29 is 14.3 Å². The summed E-state index contributed by atoms with van der Waals surface area (Å²) in [4.78, 5) is 17.7. The summed E-state index contributed by atoms with van der Waals surface area (Å²) in [7, 11) is 1.52. The van der Waals surface area contributed by atoms with Crippen LogP contribution in [0, 0.1) is 5.82 Å². The highest BCUT2D eigenvalue weighted by molar-refractivity contribution is 5.74. The molecular weight excluding hydrogens is 237 g/mol. The molecule has 3 N–H and O–H groups in total. The van der Waals surface area contributed by atoms with Gasteiger partial charge in [-0.25, -0.2) is 9.37 Å². The third-order valence-electron chi connectivity index (χ3n) is 2.57. The summed E-state index contributed by atoms with van der Waals surface area (Å²) in [6.45, 7) is 0. The molecule has 0 aliphatic carbocycles. The maximum Gasteiger partial charge on any atom is 0.328 e. The van der Waals surface area contributed by atoms with E-state index in [4.69, 9.17) is 5.11 Å². The number of carboxylic acid groups (broad SMARTS) is 1. The molecule has 0 radical (unpaired) electrons. The first-order chi connectivity index (χ1) is 8.63. The van der Waals surface area contributed by atoms with Crippen molar-refractivity contribution in [3.63, 3.8) is 0 Å². The van der Waals surface area contributed by atoms with Gasteiger partial charge in [0.1, 0.15) is 11.6 Å². The Hall–Kier alpha value is -2.21. The zero-order valence-electron chi connectivity index (χ0n) is 9.64. The molecule has 0 bridgehead atoms. The number of nitrogens with zero attached hydrogens (tertiary/aromatic N) is 1. The number of hydrogen-bond donors (Lipinski definition) is 3. The third-order valence-corrected chi connectivity index (χ3v) is 2.57. The number of hydrogen-bond acceptors (Lipinski definition) is 3. The number of aromatic amines is 1. The molecule has 1 aromatic carbocycles. The average molecular weight is 249 g/mol. The van der Waals surface area contributed by atoms with Crippen LogP contribution >= 0.6 is 0 Å². The third kappa shape index (κ3) is 2.23. The molecule has 2 rings (SSSR count). The Bertz CT molecular complexity index is 568. The number of carboxylic acids is 1. The normalized spacial score (nSPS) is 12.3. The number of carbonyl (C=O) groups is 1. The first-order valence-corrected chi connectivity index (χ1v) is 5.33. The van der Waals surface area contributed by atoms with Crippen LogP contribution in [0.5, 0.6) is 0 Å². The molecule has 6 heteroatoms. The molecule has 5 nitrogen and oxygen atoms in total. The number of nitrogens with one attached hydrogen (secondary N) is 2. The smallest absolute Gasteiger partial charge is 0.328 e. The quantitative estimate of drug-likeness (QED) is 0.768. The van der Waals surface area contributed by atoms with Gasteiger partial charge in [-0.1, -0.05) is 12.1 Å². The minimum absolute atomic E-state index is 0.239. The van der Waals surface area contributed by atoms with Crippen LogP contribution in [0.4, 0.5) is 4.39 Å². The van der Waals surface area contributed by atoms with Gasteiger partial charge < -0.3 is 15.4 Å². The fourth-order valence-electron chi connectivity index (χ4n) is 1.68. The van der Waals surface area contributed by atoms with Crippen molar-refractivity contribution >= 4 is 5.97 Å². The molecule has 0 saturated heterocycles. The Morgan fingerprint density at radius 1 is 1.50 bits per heavy atom. The van der Waals surface area contributed by atoms with E-state index in [0.717, 1.165) is 0 Å². The topological polar surface area (TPSA) is 78.0 Å². The summed E-state index contributed by atoms with van der Waals surface area (Å²) in [5.41, 5.74) is 0.807. The lowest BCUT2D eigenvalue weighted by Gasteiger charge is -2.07. The Balaban J connectivity index is 2.36. The van der Waals surface area contributed by atoms with Crippen LogP contribution in [0.3, 0.4) is 0 Å². The van der Waals surface area contributed by atoms with Crippen molar-refractivity contribution in [1.29, 1.82) is 0 Å².